The van der Waals surface area contributed by atoms with Gasteiger partial charge in [-0.1, -0.05) is 27.4 Å². The molecule has 0 aliphatic heterocycles. The molecule has 1 N–H and O–H groups in total. The minimum Gasteiger partial charge on any atom is -0.377 e. The third kappa shape index (κ3) is 2.87. The minimum atomic E-state index is -0.382. The second-order valence-corrected chi connectivity index (χ2v) is 3.43. The molecule has 0 aliphatic rings. The summed E-state index contributed by atoms with van der Waals surface area (Å²) in [6.45, 7) is 11.6. The van der Waals surface area contributed by atoms with Gasteiger partial charge < -0.3 is 5.32 Å². The number of allylic oxidation sites excluding steroid dienone is 1. The second-order valence-electron chi connectivity index (χ2n) is 3.43. The Kier molecular flexibility index (Phi) is 4.74. The quantitative estimate of drug-likeness (QED) is 0.686. The highest BCUT2D eigenvalue weighted by molar-refractivity contribution is 5.86. The third-order valence-corrected chi connectivity index (χ3v) is 2.72. The van der Waals surface area contributed by atoms with Crippen LogP contribution in [0.4, 0.5) is 0 Å². The number of ketones is 1. The van der Waals surface area contributed by atoms with Crippen molar-refractivity contribution in [1.29, 1.82) is 0 Å². The maximum Gasteiger partial charge on any atom is 0.155 e. The van der Waals surface area contributed by atoms with Gasteiger partial charge in [0.1, 0.15) is 0 Å². The van der Waals surface area contributed by atoms with E-state index in [0.717, 1.165) is 25.0 Å². The highest BCUT2D eigenvalue weighted by atomic mass is 16.1. The van der Waals surface area contributed by atoms with Crippen LogP contribution in [0.25, 0.3) is 0 Å². The molecule has 0 bridgehead atoms. The van der Waals surface area contributed by atoms with E-state index in [2.05, 4.69) is 11.9 Å². The normalized spacial score (nSPS) is 11.1. The lowest BCUT2D eigenvalue weighted by molar-refractivity contribution is -0.123. The Morgan fingerprint density at radius 2 is 1.77 bits per heavy atom. The van der Waals surface area contributed by atoms with Gasteiger partial charge in [-0.25, -0.2) is 0 Å². The predicted molar refractivity (Wildman–Crippen MR) is 56.6 cm³/mol. The summed E-state index contributed by atoms with van der Waals surface area (Å²) in [5.74, 6) is 0.201. The zero-order chi connectivity index (χ0) is 10.5. The van der Waals surface area contributed by atoms with Crippen molar-refractivity contribution in [2.24, 2.45) is 0 Å². The van der Waals surface area contributed by atoms with E-state index in [-0.39, 0.29) is 11.3 Å². The number of Topliss-reactive ketones (excluding diaryl/α,β-unsaturated/α-hetero) is 1. The number of carbonyl (C=O) groups is 1. The Hall–Kier alpha value is -0.790. The number of hydrogen-bond acceptors (Lipinski definition) is 2. The van der Waals surface area contributed by atoms with Crippen molar-refractivity contribution >= 4 is 5.78 Å². The zero-order valence-corrected chi connectivity index (χ0v) is 9.24. The molecule has 0 aliphatic carbocycles. The molecule has 0 heterocycles. The van der Waals surface area contributed by atoms with Crippen LogP contribution < -0.4 is 5.32 Å². The van der Waals surface area contributed by atoms with Crippen molar-refractivity contribution in [3.8, 4) is 0 Å². The van der Waals surface area contributed by atoms with Gasteiger partial charge in [0, 0.05) is 5.70 Å². The first-order valence-electron chi connectivity index (χ1n) is 4.99. The van der Waals surface area contributed by atoms with E-state index >= 15 is 0 Å². The lowest BCUT2D eigenvalue weighted by Crippen LogP contribution is -2.49. The molecule has 0 saturated carbocycles. The average Bonchev–Trinajstić information content (AvgIpc) is 2.13. The average molecular weight is 183 g/mol. The molecular weight excluding hydrogens is 162 g/mol. The van der Waals surface area contributed by atoms with Gasteiger partial charge >= 0.3 is 0 Å². The van der Waals surface area contributed by atoms with E-state index in [1.54, 1.807) is 6.92 Å². The third-order valence-electron chi connectivity index (χ3n) is 2.72. The van der Waals surface area contributed by atoms with Crippen LogP contribution in [0.5, 0.6) is 0 Å². The maximum absolute atomic E-state index is 11.5. The monoisotopic (exact) mass is 183 g/mol. The fourth-order valence-electron chi connectivity index (χ4n) is 1.44. The molecule has 0 amide bonds. The van der Waals surface area contributed by atoms with Crippen LogP contribution in [0.3, 0.4) is 0 Å². The molecule has 2 nitrogen and oxygen atoms in total. The molecule has 0 unspecified atom stereocenters. The topological polar surface area (TPSA) is 29.1 Å². The van der Waals surface area contributed by atoms with Crippen molar-refractivity contribution in [1.82, 2.24) is 5.32 Å². The van der Waals surface area contributed by atoms with E-state index in [0.29, 0.717) is 0 Å². The number of hydrogen-bond donors (Lipinski definition) is 1. The largest absolute Gasteiger partial charge is 0.377 e. The fraction of sp³-hybridized carbons (Fsp3) is 0.727. The molecule has 76 valence electrons. The first-order chi connectivity index (χ1) is 6.02. The molecule has 0 spiro atoms. The van der Waals surface area contributed by atoms with Crippen LogP contribution in [0, 0.1) is 0 Å². The van der Waals surface area contributed by atoms with Crippen LogP contribution in [0.15, 0.2) is 12.3 Å². The van der Waals surface area contributed by atoms with Gasteiger partial charge in [0.05, 0.1) is 5.54 Å². The van der Waals surface area contributed by atoms with Crippen molar-refractivity contribution in [3.05, 3.63) is 12.3 Å². The van der Waals surface area contributed by atoms with Gasteiger partial charge in [0.2, 0.25) is 0 Å². The van der Waals surface area contributed by atoms with E-state index in [4.69, 9.17) is 0 Å². The standard InChI is InChI=1S/C11H21NO/c1-6-9(4)12-11(7-2,8-3)10(5)13/h12H,4,6-8H2,1-3,5H3. The van der Waals surface area contributed by atoms with Gasteiger partial charge in [-0.3, -0.25) is 4.79 Å². The summed E-state index contributed by atoms with van der Waals surface area (Å²) in [7, 11) is 0. The molecule has 0 atom stereocenters. The molecule has 0 fully saturated rings. The second kappa shape index (κ2) is 5.05. The SMILES string of the molecule is C=C(CC)NC(CC)(CC)C(C)=O. The summed E-state index contributed by atoms with van der Waals surface area (Å²) in [5.41, 5.74) is 0.562. The van der Waals surface area contributed by atoms with E-state index in [1.165, 1.54) is 0 Å². The summed E-state index contributed by atoms with van der Waals surface area (Å²) in [6, 6.07) is 0. The van der Waals surface area contributed by atoms with E-state index < -0.39 is 0 Å². The molecule has 0 aromatic heterocycles. The first kappa shape index (κ1) is 12.2. The molecule has 0 radical (unpaired) electrons. The number of nitrogens with one attached hydrogen (secondary N) is 1. The Balaban J connectivity index is 4.57. The van der Waals surface area contributed by atoms with Crippen LogP contribution in [-0.4, -0.2) is 11.3 Å². The molecule has 2 heteroatoms. The predicted octanol–water partition coefficient (Wildman–Crippen LogP) is 2.65. The maximum atomic E-state index is 11.5. The summed E-state index contributed by atoms with van der Waals surface area (Å²) < 4.78 is 0. The summed E-state index contributed by atoms with van der Waals surface area (Å²) in [4.78, 5) is 11.5. The lowest BCUT2D eigenvalue weighted by atomic mass is 9.88. The summed E-state index contributed by atoms with van der Waals surface area (Å²) in [6.07, 6.45) is 2.50. The van der Waals surface area contributed by atoms with Crippen molar-refractivity contribution in [2.45, 2.75) is 52.5 Å². The Bertz CT molecular complexity index is 192. The number of rotatable bonds is 6. The Labute approximate surface area is 81.4 Å². The van der Waals surface area contributed by atoms with Gasteiger partial charge in [0.15, 0.2) is 5.78 Å². The van der Waals surface area contributed by atoms with Crippen LogP contribution in [0.1, 0.15) is 47.0 Å². The van der Waals surface area contributed by atoms with Crippen molar-refractivity contribution in [3.63, 3.8) is 0 Å². The molecule has 13 heavy (non-hydrogen) atoms. The van der Waals surface area contributed by atoms with Gasteiger partial charge in [-0.05, 0) is 26.2 Å². The van der Waals surface area contributed by atoms with Crippen LogP contribution >= 0.6 is 0 Å². The Morgan fingerprint density at radius 1 is 1.31 bits per heavy atom. The van der Waals surface area contributed by atoms with Crippen molar-refractivity contribution in [2.75, 3.05) is 0 Å². The van der Waals surface area contributed by atoms with E-state index in [1.807, 2.05) is 20.8 Å². The molecule has 0 saturated heterocycles. The van der Waals surface area contributed by atoms with Crippen molar-refractivity contribution < 1.29 is 4.79 Å². The highest BCUT2D eigenvalue weighted by Gasteiger charge is 2.30. The van der Waals surface area contributed by atoms with Gasteiger partial charge in [0.25, 0.3) is 0 Å². The Morgan fingerprint density at radius 3 is 2.00 bits per heavy atom. The molecule has 0 rings (SSSR count). The van der Waals surface area contributed by atoms with Crippen LogP contribution in [-0.2, 0) is 4.79 Å². The van der Waals surface area contributed by atoms with E-state index in [9.17, 15) is 4.79 Å². The highest BCUT2D eigenvalue weighted by Crippen LogP contribution is 2.18. The van der Waals surface area contributed by atoms with Crippen LogP contribution in [0.2, 0.25) is 0 Å². The summed E-state index contributed by atoms with van der Waals surface area (Å²) >= 11 is 0. The minimum absolute atomic E-state index is 0.201. The number of carbonyl (C=O) groups excluding carboxylic acids is 1. The van der Waals surface area contributed by atoms with Gasteiger partial charge in [-0.2, -0.15) is 0 Å². The fourth-order valence-corrected chi connectivity index (χ4v) is 1.44. The zero-order valence-electron chi connectivity index (χ0n) is 9.24. The first-order valence-corrected chi connectivity index (χ1v) is 4.99. The smallest absolute Gasteiger partial charge is 0.155 e. The summed E-state index contributed by atoms with van der Waals surface area (Å²) in [5, 5.41) is 3.23. The molecule has 0 aromatic carbocycles. The molecule has 0 aromatic rings. The van der Waals surface area contributed by atoms with Gasteiger partial charge in [-0.15, -0.1) is 0 Å². The lowest BCUT2D eigenvalue weighted by Gasteiger charge is -2.32. The molecular formula is C11H21NO.